The summed E-state index contributed by atoms with van der Waals surface area (Å²) >= 11 is 5.99. The molecule has 1 atom stereocenters. The third-order valence-corrected chi connectivity index (χ3v) is 4.77. The Balaban J connectivity index is 1.74. The van der Waals surface area contributed by atoms with E-state index in [4.69, 9.17) is 16.3 Å². The van der Waals surface area contributed by atoms with Crippen molar-refractivity contribution in [3.05, 3.63) is 58.6 Å². The predicted octanol–water partition coefficient (Wildman–Crippen LogP) is 3.43. The van der Waals surface area contributed by atoms with E-state index in [9.17, 15) is 14.4 Å². The van der Waals surface area contributed by atoms with Crippen LogP contribution in [-0.2, 0) is 14.3 Å². The van der Waals surface area contributed by atoms with Gasteiger partial charge in [0.2, 0.25) is 11.8 Å². The predicted molar refractivity (Wildman–Crippen MR) is 103 cm³/mol. The Morgan fingerprint density at radius 3 is 2.74 bits per heavy atom. The molecule has 0 spiro atoms. The number of carbonyl (C=O) groups excluding carboxylic acids is 3. The van der Waals surface area contributed by atoms with Gasteiger partial charge in [0.1, 0.15) is 0 Å². The number of halogens is 1. The molecule has 7 heteroatoms. The largest absolute Gasteiger partial charge is 0.465 e. The third kappa shape index (κ3) is 4.11. The number of hydrogen-bond donors (Lipinski definition) is 1. The van der Waals surface area contributed by atoms with Gasteiger partial charge in [0.05, 0.1) is 18.6 Å². The summed E-state index contributed by atoms with van der Waals surface area (Å²) in [6.45, 7) is 2.12. The van der Waals surface area contributed by atoms with E-state index in [0.29, 0.717) is 22.0 Å². The molecule has 27 heavy (non-hydrogen) atoms. The van der Waals surface area contributed by atoms with Crippen LogP contribution in [0.15, 0.2) is 42.5 Å². The number of nitrogens with one attached hydrogen (secondary N) is 1. The average molecular weight is 387 g/mol. The van der Waals surface area contributed by atoms with Gasteiger partial charge in [0.25, 0.3) is 0 Å². The van der Waals surface area contributed by atoms with Crippen LogP contribution in [0.5, 0.6) is 0 Å². The lowest BCUT2D eigenvalue weighted by molar-refractivity contribution is -0.122. The van der Waals surface area contributed by atoms with Crippen molar-refractivity contribution in [1.29, 1.82) is 0 Å². The van der Waals surface area contributed by atoms with E-state index in [2.05, 4.69) is 5.32 Å². The van der Waals surface area contributed by atoms with Gasteiger partial charge in [-0.05, 0) is 42.8 Å². The number of carbonyl (C=O) groups is 3. The first kappa shape index (κ1) is 18.9. The average Bonchev–Trinajstić information content (AvgIpc) is 3.06. The summed E-state index contributed by atoms with van der Waals surface area (Å²) in [5.74, 6) is -1.37. The molecule has 0 saturated carbocycles. The number of methoxy groups -OCH3 is 1. The molecule has 2 aromatic carbocycles. The lowest BCUT2D eigenvalue weighted by atomic mass is 10.1. The minimum Gasteiger partial charge on any atom is -0.465 e. The standard InChI is InChI=1S/C20H19ClN2O4/c1-12-6-7-15(21)10-17(12)22-19(25)14-9-18(24)23(11-14)16-5-3-4-13(8-16)20(26)27-2/h3-8,10,14H,9,11H2,1-2H3,(H,22,25). The van der Waals surface area contributed by atoms with E-state index in [0.717, 1.165) is 5.56 Å². The fraction of sp³-hybridized carbons (Fsp3) is 0.250. The molecular weight excluding hydrogens is 368 g/mol. The summed E-state index contributed by atoms with van der Waals surface area (Å²) in [6.07, 6.45) is 0.105. The molecule has 1 fully saturated rings. The number of amides is 2. The lowest BCUT2D eigenvalue weighted by Crippen LogP contribution is -2.28. The zero-order valence-corrected chi connectivity index (χ0v) is 15.7. The summed E-state index contributed by atoms with van der Waals surface area (Å²) in [4.78, 5) is 38.2. The van der Waals surface area contributed by atoms with Crippen LogP contribution in [0.2, 0.25) is 5.02 Å². The highest BCUT2D eigenvalue weighted by Crippen LogP contribution is 2.28. The summed E-state index contributed by atoms with van der Waals surface area (Å²) < 4.78 is 4.71. The highest BCUT2D eigenvalue weighted by Gasteiger charge is 2.35. The molecule has 3 rings (SSSR count). The van der Waals surface area contributed by atoms with E-state index < -0.39 is 11.9 Å². The summed E-state index contributed by atoms with van der Waals surface area (Å²) in [5, 5.41) is 3.38. The number of hydrogen-bond acceptors (Lipinski definition) is 4. The van der Waals surface area contributed by atoms with Crippen molar-refractivity contribution in [3.8, 4) is 0 Å². The Morgan fingerprint density at radius 1 is 1.22 bits per heavy atom. The van der Waals surface area contributed by atoms with E-state index in [1.807, 2.05) is 13.0 Å². The fourth-order valence-corrected chi connectivity index (χ4v) is 3.19. The van der Waals surface area contributed by atoms with E-state index in [1.165, 1.54) is 12.0 Å². The van der Waals surface area contributed by atoms with E-state index >= 15 is 0 Å². The lowest BCUT2D eigenvalue weighted by Gasteiger charge is -2.17. The topological polar surface area (TPSA) is 75.7 Å². The maximum Gasteiger partial charge on any atom is 0.337 e. The van der Waals surface area contributed by atoms with Gasteiger partial charge >= 0.3 is 5.97 Å². The quantitative estimate of drug-likeness (QED) is 0.817. The van der Waals surface area contributed by atoms with Crippen LogP contribution in [0.3, 0.4) is 0 Å². The van der Waals surface area contributed by atoms with Gasteiger partial charge in [-0.3, -0.25) is 9.59 Å². The first-order valence-electron chi connectivity index (χ1n) is 8.45. The Morgan fingerprint density at radius 2 is 2.00 bits per heavy atom. The number of nitrogens with zero attached hydrogens (tertiary/aromatic N) is 1. The molecule has 1 aliphatic rings. The van der Waals surface area contributed by atoms with Crippen molar-refractivity contribution in [2.45, 2.75) is 13.3 Å². The molecule has 0 radical (unpaired) electrons. The summed E-state index contributed by atoms with van der Waals surface area (Å²) in [5.41, 5.74) is 2.44. The van der Waals surface area contributed by atoms with Gasteiger partial charge in [0, 0.05) is 29.4 Å². The maximum atomic E-state index is 12.6. The van der Waals surface area contributed by atoms with Crippen molar-refractivity contribution in [1.82, 2.24) is 0 Å². The Hall–Kier alpha value is -2.86. The van der Waals surface area contributed by atoms with Gasteiger partial charge in [-0.1, -0.05) is 23.7 Å². The second kappa shape index (κ2) is 7.80. The van der Waals surface area contributed by atoms with Gasteiger partial charge in [-0.15, -0.1) is 0 Å². The molecule has 1 heterocycles. The molecule has 1 saturated heterocycles. The van der Waals surface area contributed by atoms with Crippen LogP contribution in [0, 0.1) is 12.8 Å². The fourth-order valence-electron chi connectivity index (χ4n) is 3.02. The minimum atomic E-state index is -0.488. The number of ether oxygens (including phenoxy) is 1. The van der Waals surface area contributed by atoms with Crippen molar-refractivity contribution >= 4 is 40.8 Å². The summed E-state index contributed by atoms with van der Waals surface area (Å²) in [7, 11) is 1.30. The molecule has 1 aliphatic heterocycles. The van der Waals surface area contributed by atoms with Crippen LogP contribution < -0.4 is 10.2 Å². The SMILES string of the molecule is COC(=O)c1cccc(N2CC(C(=O)Nc3cc(Cl)ccc3C)CC2=O)c1. The Kier molecular flexibility index (Phi) is 5.46. The number of anilines is 2. The van der Waals surface area contributed by atoms with Crippen LogP contribution >= 0.6 is 11.6 Å². The van der Waals surface area contributed by atoms with Crippen LogP contribution in [0.1, 0.15) is 22.3 Å². The number of esters is 1. The first-order valence-corrected chi connectivity index (χ1v) is 8.82. The van der Waals surface area contributed by atoms with Gasteiger partial charge < -0.3 is 15.0 Å². The van der Waals surface area contributed by atoms with Crippen molar-refractivity contribution in [2.75, 3.05) is 23.9 Å². The molecule has 140 valence electrons. The van der Waals surface area contributed by atoms with Crippen LogP contribution in [-0.4, -0.2) is 31.4 Å². The smallest absolute Gasteiger partial charge is 0.337 e. The van der Waals surface area contributed by atoms with Crippen LogP contribution in [0.25, 0.3) is 0 Å². The molecule has 2 amide bonds. The zero-order chi connectivity index (χ0) is 19.6. The molecule has 1 unspecified atom stereocenters. The minimum absolute atomic E-state index is 0.105. The molecular formula is C20H19ClN2O4. The van der Waals surface area contributed by atoms with Gasteiger partial charge in [-0.25, -0.2) is 4.79 Å². The molecule has 0 aliphatic carbocycles. The third-order valence-electron chi connectivity index (χ3n) is 4.53. The highest BCUT2D eigenvalue weighted by molar-refractivity contribution is 6.31. The summed E-state index contributed by atoms with van der Waals surface area (Å²) in [6, 6.07) is 11.9. The van der Waals surface area contributed by atoms with Gasteiger partial charge in [0.15, 0.2) is 0 Å². The first-order chi connectivity index (χ1) is 12.9. The Labute approximate surface area is 162 Å². The van der Waals surface area contributed by atoms with E-state index in [-0.39, 0.29) is 24.8 Å². The normalized spacial score (nSPS) is 16.3. The van der Waals surface area contributed by atoms with Crippen LogP contribution in [0.4, 0.5) is 11.4 Å². The zero-order valence-electron chi connectivity index (χ0n) is 15.0. The van der Waals surface area contributed by atoms with Crippen molar-refractivity contribution in [2.24, 2.45) is 5.92 Å². The monoisotopic (exact) mass is 386 g/mol. The number of benzene rings is 2. The highest BCUT2D eigenvalue weighted by atomic mass is 35.5. The van der Waals surface area contributed by atoms with Crippen molar-refractivity contribution < 1.29 is 19.1 Å². The van der Waals surface area contributed by atoms with Gasteiger partial charge in [-0.2, -0.15) is 0 Å². The second-order valence-corrected chi connectivity index (χ2v) is 6.83. The molecule has 6 nitrogen and oxygen atoms in total. The Bertz CT molecular complexity index is 913. The van der Waals surface area contributed by atoms with E-state index in [1.54, 1.807) is 36.4 Å². The van der Waals surface area contributed by atoms with Crippen molar-refractivity contribution in [3.63, 3.8) is 0 Å². The molecule has 1 N–H and O–H groups in total. The molecule has 0 aromatic heterocycles. The second-order valence-electron chi connectivity index (χ2n) is 6.40. The molecule has 0 bridgehead atoms. The maximum absolute atomic E-state index is 12.6. The molecule has 2 aromatic rings. The number of aryl methyl sites for hydroxylation is 1. The number of rotatable bonds is 4.